The lowest BCUT2D eigenvalue weighted by Crippen LogP contribution is -2.27. The van der Waals surface area contributed by atoms with E-state index in [1.807, 2.05) is 0 Å². The average Bonchev–Trinajstić information content (AvgIpc) is 3.36. The summed E-state index contributed by atoms with van der Waals surface area (Å²) < 4.78 is 5.77. The van der Waals surface area contributed by atoms with Gasteiger partial charge in [0.15, 0.2) is 0 Å². The molecule has 11 heteroatoms. The second kappa shape index (κ2) is 8.94. The smallest absolute Gasteiger partial charge is 0.293 e. The largest absolute Gasteiger partial charge is 0.457 e. The Balaban J connectivity index is 1.59. The Hall–Kier alpha value is -4.25. The minimum atomic E-state index is -0.590. The number of thioether (sulfide) groups is 1. The van der Waals surface area contributed by atoms with Crippen molar-refractivity contribution in [3.8, 4) is 11.3 Å². The number of hydrogen-bond acceptors (Lipinski definition) is 8. The van der Waals surface area contributed by atoms with Gasteiger partial charge < -0.3 is 4.42 Å². The van der Waals surface area contributed by atoms with E-state index in [9.17, 15) is 29.8 Å². The number of benzene rings is 2. The minimum absolute atomic E-state index is 0.0240. The highest BCUT2D eigenvalue weighted by atomic mass is 32.2. The van der Waals surface area contributed by atoms with Crippen LogP contribution in [0.5, 0.6) is 0 Å². The fraction of sp³-hybridized carbons (Fsp3) is 0.130. The molecule has 10 nitrogen and oxygen atoms in total. The summed E-state index contributed by atoms with van der Waals surface area (Å²) >= 11 is 0.705. The molecule has 1 saturated heterocycles. The molecule has 4 rings (SSSR count). The number of amides is 2. The van der Waals surface area contributed by atoms with Gasteiger partial charge >= 0.3 is 0 Å². The summed E-state index contributed by atoms with van der Waals surface area (Å²) in [7, 11) is 0. The molecule has 0 unspecified atom stereocenters. The molecule has 2 amide bonds. The van der Waals surface area contributed by atoms with Crippen molar-refractivity contribution in [3.63, 3.8) is 0 Å². The summed E-state index contributed by atoms with van der Waals surface area (Å²) in [4.78, 5) is 47.8. The monoisotopic (exact) mass is 479 g/mol. The number of nitro benzene ring substituents is 2. The molecule has 0 radical (unpaired) electrons. The molecule has 0 aliphatic carbocycles. The van der Waals surface area contributed by atoms with Crippen LogP contribution in [0.2, 0.25) is 0 Å². The Morgan fingerprint density at radius 1 is 1.00 bits per heavy atom. The molecule has 3 aromatic rings. The molecule has 2 aromatic carbocycles. The van der Waals surface area contributed by atoms with Gasteiger partial charge in [-0.05, 0) is 49.4 Å². The van der Waals surface area contributed by atoms with E-state index in [1.165, 1.54) is 30.3 Å². The van der Waals surface area contributed by atoms with Gasteiger partial charge in [0, 0.05) is 34.9 Å². The van der Waals surface area contributed by atoms with E-state index < -0.39 is 21.0 Å². The molecule has 0 bridgehead atoms. The molecule has 1 aromatic heterocycles. The van der Waals surface area contributed by atoms with Gasteiger partial charge in [-0.3, -0.25) is 34.7 Å². The first kappa shape index (κ1) is 22.9. The van der Waals surface area contributed by atoms with Crippen LogP contribution < -0.4 is 0 Å². The van der Waals surface area contributed by atoms with E-state index in [2.05, 4.69) is 0 Å². The number of nitrogens with zero attached hydrogens (tertiary/aromatic N) is 3. The summed E-state index contributed by atoms with van der Waals surface area (Å²) in [5, 5.41) is 22.0. The van der Waals surface area contributed by atoms with Crippen molar-refractivity contribution in [1.29, 1.82) is 0 Å². The van der Waals surface area contributed by atoms with Crippen molar-refractivity contribution < 1.29 is 23.9 Å². The van der Waals surface area contributed by atoms with Crippen LogP contribution >= 0.6 is 11.8 Å². The van der Waals surface area contributed by atoms with Crippen LogP contribution in [0.25, 0.3) is 17.4 Å². The molecular weight excluding hydrogens is 462 g/mol. The van der Waals surface area contributed by atoms with Crippen LogP contribution in [-0.2, 0) is 11.3 Å². The quantitative estimate of drug-likeness (QED) is 0.252. The van der Waals surface area contributed by atoms with Gasteiger partial charge in [-0.25, -0.2) is 0 Å². The first-order chi connectivity index (χ1) is 16.2. The van der Waals surface area contributed by atoms with Gasteiger partial charge in [0.2, 0.25) is 0 Å². The number of imide groups is 1. The Bertz CT molecular complexity index is 1390. The second-order valence-corrected chi connectivity index (χ2v) is 8.54. The maximum atomic E-state index is 12.8. The summed E-state index contributed by atoms with van der Waals surface area (Å²) in [5.74, 6) is 0.0663. The zero-order chi connectivity index (χ0) is 24.6. The highest BCUT2D eigenvalue weighted by Crippen LogP contribution is 2.36. The fourth-order valence-electron chi connectivity index (χ4n) is 3.52. The van der Waals surface area contributed by atoms with E-state index in [-0.39, 0.29) is 34.1 Å². The highest BCUT2D eigenvalue weighted by molar-refractivity contribution is 8.18. The molecule has 34 heavy (non-hydrogen) atoms. The zero-order valence-electron chi connectivity index (χ0n) is 18.0. The predicted octanol–water partition coefficient (Wildman–Crippen LogP) is 5.62. The highest BCUT2D eigenvalue weighted by Gasteiger charge is 2.36. The molecule has 1 aliphatic heterocycles. The van der Waals surface area contributed by atoms with Crippen molar-refractivity contribution in [2.45, 2.75) is 20.4 Å². The maximum absolute atomic E-state index is 12.8. The number of furan rings is 1. The summed E-state index contributed by atoms with van der Waals surface area (Å²) in [6.07, 6.45) is 1.41. The van der Waals surface area contributed by atoms with E-state index in [4.69, 9.17) is 4.42 Å². The number of nitro groups is 2. The Morgan fingerprint density at radius 3 is 2.41 bits per heavy atom. The van der Waals surface area contributed by atoms with Gasteiger partial charge in [-0.15, -0.1) is 0 Å². The molecule has 0 spiro atoms. The molecule has 1 fully saturated rings. The SMILES string of the molecule is Cc1cc(-c2ccc(/C=C3\SC(=O)N(Cc4ccccc4[N+](=O)[O-])C3=O)o2)cc([N+](=O)[O-])c1C. The summed E-state index contributed by atoms with van der Waals surface area (Å²) in [6.45, 7) is 3.21. The third-order valence-electron chi connectivity index (χ3n) is 5.41. The Kier molecular flexibility index (Phi) is 6.03. The third-order valence-corrected chi connectivity index (χ3v) is 6.32. The van der Waals surface area contributed by atoms with E-state index >= 15 is 0 Å². The third kappa shape index (κ3) is 4.33. The molecule has 0 atom stereocenters. The van der Waals surface area contributed by atoms with Crippen molar-refractivity contribution >= 4 is 40.4 Å². The predicted molar refractivity (Wildman–Crippen MR) is 125 cm³/mol. The minimum Gasteiger partial charge on any atom is -0.457 e. The first-order valence-electron chi connectivity index (χ1n) is 9.99. The van der Waals surface area contributed by atoms with Crippen molar-refractivity contribution in [3.05, 3.63) is 96.1 Å². The standard InChI is InChI=1S/C23H17N3O7S/c1-13-9-16(10-19(14(13)2)26(31)32)20-8-7-17(33-20)11-21-22(27)24(23(28)34-21)12-15-5-3-4-6-18(15)25(29)30/h3-11H,12H2,1-2H3/b21-11-. The lowest BCUT2D eigenvalue weighted by Gasteiger charge is -2.12. The molecule has 172 valence electrons. The normalized spacial score (nSPS) is 14.8. The molecule has 0 N–H and O–H groups in total. The van der Waals surface area contributed by atoms with Crippen LogP contribution in [0.4, 0.5) is 16.2 Å². The van der Waals surface area contributed by atoms with Crippen LogP contribution in [0.15, 0.2) is 57.9 Å². The lowest BCUT2D eigenvalue weighted by atomic mass is 10.0. The number of para-hydroxylation sites is 1. The first-order valence-corrected chi connectivity index (χ1v) is 10.8. The number of carbonyl (C=O) groups excluding carboxylic acids is 2. The van der Waals surface area contributed by atoms with Crippen LogP contribution in [-0.4, -0.2) is 25.9 Å². The van der Waals surface area contributed by atoms with E-state index in [0.29, 0.717) is 28.6 Å². The van der Waals surface area contributed by atoms with Gasteiger partial charge in [0.25, 0.3) is 22.5 Å². The Morgan fingerprint density at radius 2 is 1.71 bits per heavy atom. The van der Waals surface area contributed by atoms with Crippen LogP contribution in [0.3, 0.4) is 0 Å². The topological polar surface area (TPSA) is 137 Å². The number of carbonyl (C=O) groups is 2. The van der Waals surface area contributed by atoms with Gasteiger partial charge in [0.05, 0.1) is 21.3 Å². The number of hydrogen-bond donors (Lipinski definition) is 0. The molecular formula is C23H17N3O7S. The molecule has 0 saturated carbocycles. The molecule has 2 heterocycles. The maximum Gasteiger partial charge on any atom is 0.293 e. The van der Waals surface area contributed by atoms with E-state index in [1.54, 1.807) is 38.1 Å². The van der Waals surface area contributed by atoms with Crippen molar-refractivity contribution in [2.24, 2.45) is 0 Å². The second-order valence-electron chi connectivity index (χ2n) is 7.55. The van der Waals surface area contributed by atoms with Crippen LogP contribution in [0.1, 0.15) is 22.5 Å². The fourth-order valence-corrected chi connectivity index (χ4v) is 4.34. The zero-order valence-corrected chi connectivity index (χ0v) is 18.8. The Labute approximate surface area is 197 Å². The number of rotatable bonds is 6. The van der Waals surface area contributed by atoms with Crippen molar-refractivity contribution in [1.82, 2.24) is 4.90 Å². The summed E-state index contributed by atoms with van der Waals surface area (Å²) in [5.41, 5.74) is 1.85. The average molecular weight is 479 g/mol. The van der Waals surface area contributed by atoms with E-state index in [0.717, 1.165) is 10.5 Å². The summed E-state index contributed by atoms with van der Waals surface area (Å²) in [6, 6.07) is 12.3. The molecule has 1 aliphatic rings. The van der Waals surface area contributed by atoms with Gasteiger partial charge in [-0.2, -0.15) is 0 Å². The van der Waals surface area contributed by atoms with Crippen LogP contribution in [0, 0.1) is 34.1 Å². The lowest BCUT2D eigenvalue weighted by molar-refractivity contribution is -0.385. The number of aryl methyl sites for hydroxylation is 1. The van der Waals surface area contributed by atoms with Gasteiger partial charge in [-0.1, -0.05) is 18.2 Å². The van der Waals surface area contributed by atoms with Gasteiger partial charge in [0.1, 0.15) is 11.5 Å². The van der Waals surface area contributed by atoms with Crippen molar-refractivity contribution in [2.75, 3.05) is 0 Å².